The molecule has 2 nitrogen and oxygen atoms in total. The van der Waals surface area contributed by atoms with Crippen molar-refractivity contribution in [1.82, 2.24) is 0 Å². The molecule has 0 radical (unpaired) electrons. The van der Waals surface area contributed by atoms with Crippen molar-refractivity contribution >= 4 is 17.6 Å². The van der Waals surface area contributed by atoms with Gasteiger partial charge in [-0.1, -0.05) is 48.6 Å². The van der Waals surface area contributed by atoms with E-state index in [0.29, 0.717) is 12.5 Å². The normalized spacial score (nSPS) is 11.2. The first-order chi connectivity index (χ1) is 9.33. The molecule has 1 aromatic carbocycles. The van der Waals surface area contributed by atoms with Crippen LogP contribution in [0.25, 0.3) is 0 Å². The van der Waals surface area contributed by atoms with Crippen LogP contribution in [0.2, 0.25) is 0 Å². The molecule has 0 unspecified atom stereocenters. The van der Waals surface area contributed by atoms with E-state index in [1.54, 1.807) is 6.08 Å². The Bertz CT molecular complexity index is 410. The van der Waals surface area contributed by atoms with Gasteiger partial charge < -0.3 is 4.74 Å². The number of hydrogen-bond donors (Lipinski definition) is 0. The van der Waals surface area contributed by atoms with Crippen LogP contribution in [0.1, 0.15) is 24.8 Å². The molecule has 0 amide bonds. The van der Waals surface area contributed by atoms with Gasteiger partial charge in [0.2, 0.25) is 0 Å². The van der Waals surface area contributed by atoms with Gasteiger partial charge >= 0.3 is 5.97 Å². The monoisotopic (exact) mass is 278 g/mol. The summed E-state index contributed by atoms with van der Waals surface area (Å²) in [6.45, 7) is 0.309. The van der Waals surface area contributed by atoms with Crippen LogP contribution in [0.15, 0.2) is 54.6 Å². The molecule has 102 valence electrons. The van der Waals surface area contributed by atoms with Gasteiger partial charge in [-0.25, -0.2) is 4.79 Å². The fourth-order valence-electron chi connectivity index (χ4n) is 1.44. The van der Waals surface area contributed by atoms with Crippen LogP contribution in [0.5, 0.6) is 0 Å². The van der Waals surface area contributed by atoms with Crippen LogP contribution in [-0.4, -0.2) is 11.8 Å². The quantitative estimate of drug-likeness (QED) is 0.234. The van der Waals surface area contributed by atoms with Crippen LogP contribution in [0, 0.1) is 0 Å². The molecule has 0 saturated carbocycles. The van der Waals surface area contributed by atoms with Crippen molar-refractivity contribution in [3.8, 4) is 0 Å². The molecule has 0 aromatic heterocycles. The van der Waals surface area contributed by atoms with E-state index in [9.17, 15) is 4.79 Å². The number of carbonyl (C=O) groups is 1. The van der Waals surface area contributed by atoms with Gasteiger partial charge in [0.05, 0.1) is 0 Å². The maximum atomic E-state index is 11.4. The average molecular weight is 279 g/mol. The molecule has 1 rings (SSSR count). The molecule has 1 aromatic rings. The predicted molar refractivity (Wildman–Crippen MR) is 79.1 cm³/mol. The molecule has 19 heavy (non-hydrogen) atoms. The Morgan fingerprint density at radius 1 is 1.16 bits per heavy atom. The van der Waals surface area contributed by atoms with E-state index >= 15 is 0 Å². The number of carbonyl (C=O) groups excluding carboxylic acids is 1. The van der Waals surface area contributed by atoms with Gasteiger partial charge in [-0.3, -0.25) is 0 Å². The molecule has 3 heteroatoms. The second kappa shape index (κ2) is 10.4. The summed E-state index contributed by atoms with van der Waals surface area (Å²) in [7, 11) is 0. The first-order valence-electron chi connectivity index (χ1n) is 6.43. The van der Waals surface area contributed by atoms with E-state index in [4.69, 9.17) is 16.3 Å². The number of rotatable bonds is 8. The van der Waals surface area contributed by atoms with Gasteiger partial charge in [-0.05, 0) is 24.8 Å². The van der Waals surface area contributed by atoms with Crippen LogP contribution in [0.4, 0.5) is 0 Å². The van der Waals surface area contributed by atoms with E-state index in [-0.39, 0.29) is 5.97 Å². The summed E-state index contributed by atoms with van der Waals surface area (Å²) in [6, 6.07) is 9.62. The smallest absolute Gasteiger partial charge is 0.331 e. The predicted octanol–water partition coefficient (Wildman–Crippen LogP) is 4.25. The van der Waals surface area contributed by atoms with Crippen LogP contribution in [-0.2, 0) is 16.1 Å². The molecule has 0 aliphatic rings. The molecule has 0 heterocycles. The zero-order valence-electron chi connectivity index (χ0n) is 10.9. The Labute approximate surface area is 119 Å². The first-order valence-corrected chi connectivity index (χ1v) is 6.96. The lowest BCUT2D eigenvalue weighted by molar-refractivity contribution is -0.139. The minimum absolute atomic E-state index is 0.309. The van der Waals surface area contributed by atoms with E-state index < -0.39 is 0 Å². The van der Waals surface area contributed by atoms with Crippen LogP contribution >= 0.6 is 11.6 Å². The van der Waals surface area contributed by atoms with E-state index in [1.807, 2.05) is 42.5 Å². The number of alkyl halides is 1. The fraction of sp³-hybridized carbons (Fsp3) is 0.312. The van der Waals surface area contributed by atoms with Gasteiger partial charge in [0.1, 0.15) is 6.61 Å². The molecule has 0 saturated heterocycles. The molecule has 0 spiro atoms. The van der Waals surface area contributed by atoms with Gasteiger partial charge in [0.15, 0.2) is 0 Å². The molecule has 0 bridgehead atoms. The van der Waals surface area contributed by atoms with Crippen molar-refractivity contribution < 1.29 is 9.53 Å². The van der Waals surface area contributed by atoms with Gasteiger partial charge in [0.25, 0.3) is 0 Å². The summed E-state index contributed by atoms with van der Waals surface area (Å²) < 4.78 is 5.10. The zero-order valence-corrected chi connectivity index (χ0v) is 11.7. The third-order valence-electron chi connectivity index (χ3n) is 2.46. The summed E-state index contributed by atoms with van der Waals surface area (Å²) in [5.74, 6) is 0.379. The summed E-state index contributed by atoms with van der Waals surface area (Å²) in [5, 5.41) is 0. The topological polar surface area (TPSA) is 26.3 Å². The summed E-state index contributed by atoms with van der Waals surface area (Å²) >= 11 is 5.57. The number of unbranched alkanes of at least 4 members (excludes halogenated alkanes) is 2. The highest BCUT2D eigenvalue weighted by atomic mass is 35.5. The second-order valence-corrected chi connectivity index (χ2v) is 4.44. The van der Waals surface area contributed by atoms with Gasteiger partial charge in [0, 0.05) is 12.0 Å². The maximum absolute atomic E-state index is 11.4. The van der Waals surface area contributed by atoms with E-state index in [2.05, 4.69) is 0 Å². The van der Waals surface area contributed by atoms with Gasteiger partial charge in [-0.15, -0.1) is 11.6 Å². The summed E-state index contributed by atoms with van der Waals surface area (Å²) in [5.41, 5.74) is 0.987. The minimum Gasteiger partial charge on any atom is -0.458 e. The Hall–Kier alpha value is -1.54. The number of benzene rings is 1. The molecule has 0 aliphatic carbocycles. The van der Waals surface area contributed by atoms with Gasteiger partial charge in [-0.2, -0.15) is 0 Å². The Morgan fingerprint density at radius 2 is 1.95 bits per heavy atom. The number of halogens is 1. The number of hydrogen-bond acceptors (Lipinski definition) is 2. The lowest BCUT2D eigenvalue weighted by Gasteiger charge is -2.00. The first kappa shape index (κ1) is 15.5. The van der Waals surface area contributed by atoms with Crippen LogP contribution in [0.3, 0.4) is 0 Å². The third-order valence-corrected chi connectivity index (χ3v) is 2.73. The molecule has 0 atom stereocenters. The lowest BCUT2D eigenvalue weighted by atomic mass is 10.2. The van der Waals surface area contributed by atoms with E-state index in [1.165, 1.54) is 6.08 Å². The highest BCUT2D eigenvalue weighted by Gasteiger charge is 1.96. The standard InChI is InChI=1S/C16H19ClO2/c17-13-9-4-2-1-3-8-12-16(18)19-14-15-10-6-5-7-11-15/h1,3,5-8,10-12H,2,4,9,13-14H2/b3-1+,12-8+. The summed E-state index contributed by atoms with van der Waals surface area (Å²) in [6.07, 6.45) is 10.1. The Morgan fingerprint density at radius 3 is 2.68 bits per heavy atom. The summed E-state index contributed by atoms with van der Waals surface area (Å²) in [4.78, 5) is 11.4. The number of esters is 1. The maximum Gasteiger partial charge on any atom is 0.331 e. The molecule has 0 N–H and O–H groups in total. The van der Waals surface area contributed by atoms with Crippen molar-refractivity contribution in [1.29, 1.82) is 0 Å². The Balaban J connectivity index is 2.16. The van der Waals surface area contributed by atoms with E-state index in [0.717, 1.165) is 24.8 Å². The van der Waals surface area contributed by atoms with Crippen molar-refractivity contribution in [2.75, 3.05) is 5.88 Å². The number of ether oxygens (including phenoxy) is 1. The largest absolute Gasteiger partial charge is 0.458 e. The lowest BCUT2D eigenvalue weighted by Crippen LogP contribution is -2.00. The highest BCUT2D eigenvalue weighted by Crippen LogP contribution is 2.01. The minimum atomic E-state index is -0.325. The molecular weight excluding hydrogens is 260 g/mol. The highest BCUT2D eigenvalue weighted by molar-refractivity contribution is 6.17. The number of allylic oxidation sites excluding steroid dienone is 3. The second-order valence-electron chi connectivity index (χ2n) is 4.07. The molecular formula is C16H19ClO2. The zero-order chi connectivity index (χ0) is 13.8. The molecule has 0 aliphatic heterocycles. The third kappa shape index (κ3) is 8.22. The Kier molecular flexibility index (Phi) is 8.48. The van der Waals surface area contributed by atoms with Crippen molar-refractivity contribution in [2.24, 2.45) is 0 Å². The van der Waals surface area contributed by atoms with Crippen LogP contribution < -0.4 is 0 Å². The van der Waals surface area contributed by atoms with Crippen molar-refractivity contribution in [3.05, 3.63) is 60.2 Å². The van der Waals surface area contributed by atoms with Crippen molar-refractivity contribution in [3.63, 3.8) is 0 Å². The SMILES string of the molecule is O=C(/C=C/C=C/CCCCCl)OCc1ccccc1. The average Bonchev–Trinajstić information content (AvgIpc) is 2.45. The van der Waals surface area contributed by atoms with Crippen molar-refractivity contribution in [2.45, 2.75) is 25.9 Å². The fourth-order valence-corrected chi connectivity index (χ4v) is 1.63. The molecule has 0 fully saturated rings.